The van der Waals surface area contributed by atoms with Gasteiger partial charge in [-0.2, -0.15) is 0 Å². The largest absolute Gasteiger partial charge is 0.385 e. The molecule has 3 N–H and O–H groups in total. The molecule has 1 aromatic rings. The summed E-state index contributed by atoms with van der Waals surface area (Å²) in [5, 5.41) is 3.12. The fraction of sp³-hybridized carbons (Fsp3) is 0.364. The lowest BCUT2D eigenvalue weighted by molar-refractivity contribution is -0.117. The van der Waals surface area contributed by atoms with Crippen LogP contribution < -0.4 is 16.0 Å². The summed E-state index contributed by atoms with van der Waals surface area (Å²) in [6.07, 6.45) is 0.357. The van der Waals surface area contributed by atoms with Crippen molar-refractivity contribution in [2.45, 2.75) is 6.42 Å². The lowest BCUT2D eigenvalue weighted by atomic mass is 10.2. The van der Waals surface area contributed by atoms with Crippen LogP contribution in [0.4, 0.5) is 11.4 Å². The first kappa shape index (κ1) is 11.4. The molecule has 0 radical (unpaired) electrons. The quantitative estimate of drug-likeness (QED) is 0.758. The molecule has 0 unspecified atom stereocenters. The van der Waals surface area contributed by atoms with E-state index in [-0.39, 0.29) is 5.91 Å². The third kappa shape index (κ3) is 3.89. The van der Waals surface area contributed by atoms with Gasteiger partial charge in [0.05, 0.1) is 0 Å². The molecule has 0 aliphatic carbocycles. The number of rotatable bonds is 5. The van der Waals surface area contributed by atoms with E-state index in [4.69, 9.17) is 5.73 Å². The molecule has 0 spiro atoms. The average molecular weight is 207 g/mol. The highest BCUT2D eigenvalue weighted by atomic mass is 16.1. The van der Waals surface area contributed by atoms with Gasteiger partial charge in [0.2, 0.25) is 5.91 Å². The van der Waals surface area contributed by atoms with Crippen molar-refractivity contribution < 1.29 is 4.79 Å². The second-order valence-electron chi connectivity index (χ2n) is 3.58. The predicted molar refractivity (Wildman–Crippen MR) is 63.1 cm³/mol. The molecule has 1 rings (SSSR count). The standard InChI is InChI=1S/C11H17N3O/c1-14(2)10-5-3-9(4-6-10)13-8-7-11(12)15/h3-6,13H,7-8H2,1-2H3,(H2,12,15). The highest BCUT2D eigenvalue weighted by molar-refractivity contribution is 5.74. The number of carbonyl (C=O) groups excluding carboxylic acids is 1. The van der Waals surface area contributed by atoms with Gasteiger partial charge in [-0.05, 0) is 24.3 Å². The molecule has 1 aromatic carbocycles. The molecule has 0 bridgehead atoms. The zero-order valence-corrected chi connectivity index (χ0v) is 9.16. The van der Waals surface area contributed by atoms with E-state index in [9.17, 15) is 4.79 Å². The minimum Gasteiger partial charge on any atom is -0.385 e. The Morgan fingerprint density at radius 1 is 1.33 bits per heavy atom. The maximum atomic E-state index is 10.5. The summed E-state index contributed by atoms with van der Waals surface area (Å²) in [6, 6.07) is 8.01. The first-order chi connectivity index (χ1) is 7.09. The maximum Gasteiger partial charge on any atom is 0.219 e. The van der Waals surface area contributed by atoms with E-state index < -0.39 is 0 Å². The molecule has 0 fully saturated rings. The van der Waals surface area contributed by atoms with E-state index in [2.05, 4.69) is 5.32 Å². The molecule has 1 amide bonds. The summed E-state index contributed by atoms with van der Waals surface area (Å²) in [5.74, 6) is -0.285. The average Bonchev–Trinajstić information content (AvgIpc) is 2.18. The molecule has 4 nitrogen and oxygen atoms in total. The van der Waals surface area contributed by atoms with Crippen LogP contribution in [-0.4, -0.2) is 26.5 Å². The predicted octanol–water partition coefficient (Wildman–Crippen LogP) is 1.04. The Hall–Kier alpha value is -1.71. The van der Waals surface area contributed by atoms with Crippen molar-refractivity contribution in [1.29, 1.82) is 0 Å². The summed E-state index contributed by atoms with van der Waals surface area (Å²) >= 11 is 0. The smallest absolute Gasteiger partial charge is 0.219 e. The van der Waals surface area contributed by atoms with Crippen LogP contribution in [0.1, 0.15) is 6.42 Å². The third-order valence-electron chi connectivity index (χ3n) is 2.08. The van der Waals surface area contributed by atoms with E-state index in [1.54, 1.807) is 0 Å². The number of primary amides is 1. The van der Waals surface area contributed by atoms with Gasteiger partial charge in [-0.15, -0.1) is 0 Å². The Bertz CT molecular complexity index is 319. The number of hydrogen-bond acceptors (Lipinski definition) is 3. The first-order valence-corrected chi connectivity index (χ1v) is 4.89. The Morgan fingerprint density at radius 2 is 1.93 bits per heavy atom. The summed E-state index contributed by atoms with van der Waals surface area (Å²) in [5.41, 5.74) is 7.19. The van der Waals surface area contributed by atoms with Crippen LogP contribution in [0.25, 0.3) is 0 Å². The summed E-state index contributed by atoms with van der Waals surface area (Å²) in [4.78, 5) is 12.5. The topological polar surface area (TPSA) is 58.4 Å². The van der Waals surface area contributed by atoms with E-state index in [0.717, 1.165) is 11.4 Å². The fourth-order valence-corrected chi connectivity index (χ4v) is 1.21. The summed E-state index contributed by atoms with van der Waals surface area (Å²) in [7, 11) is 3.99. The molecule has 0 saturated heterocycles. The Labute approximate surface area is 90.1 Å². The SMILES string of the molecule is CN(C)c1ccc(NCCC(N)=O)cc1. The lowest BCUT2D eigenvalue weighted by Crippen LogP contribution is -2.15. The van der Waals surface area contributed by atoms with Crippen molar-refractivity contribution >= 4 is 17.3 Å². The maximum absolute atomic E-state index is 10.5. The molecule has 0 aliphatic rings. The van der Waals surface area contributed by atoms with Gasteiger partial charge in [-0.3, -0.25) is 4.79 Å². The van der Waals surface area contributed by atoms with Gasteiger partial charge in [-0.1, -0.05) is 0 Å². The number of nitrogens with one attached hydrogen (secondary N) is 1. The molecule has 4 heteroatoms. The van der Waals surface area contributed by atoms with Gasteiger partial charge >= 0.3 is 0 Å². The van der Waals surface area contributed by atoms with E-state index >= 15 is 0 Å². The van der Waals surface area contributed by atoms with Gasteiger partial charge in [0.15, 0.2) is 0 Å². The molecule has 15 heavy (non-hydrogen) atoms. The first-order valence-electron chi connectivity index (χ1n) is 4.89. The van der Waals surface area contributed by atoms with E-state index in [1.807, 2.05) is 43.3 Å². The molecular formula is C11H17N3O. The Kier molecular flexibility index (Phi) is 3.97. The molecule has 0 heterocycles. The molecule has 0 aromatic heterocycles. The van der Waals surface area contributed by atoms with Gasteiger partial charge in [0.1, 0.15) is 0 Å². The van der Waals surface area contributed by atoms with Gasteiger partial charge in [0, 0.05) is 38.4 Å². The van der Waals surface area contributed by atoms with E-state index in [0.29, 0.717) is 13.0 Å². The van der Waals surface area contributed by atoms with Crippen molar-refractivity contribution in [3.63, 3.8) is 0 Å². The van der Waals surface area contributed by atoms with Crippen molar-refractivity contribution in [3.05, 3.63) is 24.3 Å². The van der Waals surface area contributed by atoms with Gasteiger partial charge in [0.25, 0.3) is 0 Å². The van der Waals surface area contributed by atoms with Gasteiger partial charge in [-0.25, -0.2) is 0 Å². The highest BCUT2D eigenvalue weighted by Crippen LogP contribution is 2.15. The van der Waals surface area contributed by atoms with Crippen LogP contribution in [0.3, 0.4) is 0 Å². The lowest BCUT2D eigenvalue weighted by Gasteiger charge is -2.13. The number of benzene rings is 1. The van der Waals surface area contributed by atoms with Crippen LogP contribution in [0, 0.1) is 0 Å². The van der Waals surface area contributed by atoms with Crippen molar-refractivity contribution in [2.75, 3.05) is 30.9 Å². The minimum atomic E-state index is -0.285. The second-order valence-corrected chi connectivity index (χ2v) is 3.58. The van der Waals surface area contributed by atoms with Crippen LogP contribution in [0.15, 0.2) is 24.3 Å². The molecule has 0 aliphatic heterocycles. The summed E-state index contributed by atoms with van der Waals surface area (Å²) in [6.45, 7) is 0.580. The fourth-order valence-electron chi connectivity index (χ4n) is 1.21. The molecular weight excluding hydrogens is 190 g/mol. The zero-order valence-electron chi connectivity index (χ0n) is 9.16. The summed E-state index contributed by atoms with van der Waals surface area (Å²) < 4.78 is 0. The molecule has 82 valence electrons. The number of anilines is 2. The normalized spacial score (nSPS) is 9.73. The number of carbonyl (C=O) groups is 1. The number of nitrogens with two attached hydrogens (primary N) is 1. The van der Waals surface area contributed by atoms with Crippen LogP contribution >= 0.6 is 0 Å². The van der Waals surface area contributed by atoms with Crippen LogP contribution in [0.5, 0.6) is 0 Å². The van der Waals surface area contributed by atoms with Gasteiger partial charge < -0.3 is 16.0 Å². The highest BCUT2D eigenvalue weighted by Gasteiger charge is 1.96. The van der Waals surface area contributed by atoms with Crippen LogP contribution in [0.2, 0.25) is 0 Å². The number of amides is 1. The zero-order chi connectivity index (χ0) is 11.3. The Balaban J connectivity index is 2.46. The second kappa shape index (κ2) is 5.24. The van der Waals surface area contributed by atoms with E-state index in [1.165, 1.54) is 0 Å². The monoisotopic (exact) mass is 207 g/mol. The number of nitrogens with zero attached hydrogens (tertiary/aromatic N) is 1. The number of hydrogen-bond donors (Lipinski definition) is 2. The van der Waals surface area contributed by atoms with Crippen molar-refractivity contribution in [2.24, 2.45) is 5.73 Å². The molecule has 0 atom stereocenters. The Morgan fingerprint density at radius 3 is 2.40 bits per heavy atom. The van der Waals surface area contributed by atoms with Crippen molar-refractivity contribution in [3.8, 4) is 0 Å². The third-order valence-corrected chi connectivity index (χ3v) is 2.08. The molecule has 0 saturated carbocycles. The van der Waals surface area contributed by atoms with Crippen LogP contribution in [-0.2, 0) is 4.79 Å². The van der Waals surface area contributed by atoms with Crippen molar-refractivity contribution in [1.82, 2.24) is 0 Å². The minimum absolute atomic E-state index is 0.285.